The van der Waals surface area contributed by atoms with Gasteiger partial charge in [0.2, 0.25) is 0 Å². The molecule has 1 aromatic rings. The van der Waals surface area contributed by atoms with Crippen molar-refractivity contribution in [1.82, 2.24) is 4.98 Å². The largest absolute Gasteiger partial charge is 0.391 e. The van der Waals surface area contributed by atoms with E-state index in [2.05, 4.69) is 16.6 Å². The molecule has 1 fully saturated rings. The van der Waals surface area contributed by atoms with Crippen LogP contribution in [0.1, 0.15) is 31.2 Å². The van der Waals surface area contributed by atoms with Crippen LogP contribution >= 0.6 is 0 Å². The molecule has 0 aromatic carbocycles. The SMILES string of the molecule is [CH]1CCC(=NOCc2cccnc2)CC1. The lowest BCUT2D eigenvalue weighted by Gasteiger charge is -2.11. The first-order valence-electron chi connectivity index (χ1n) is 5.33. The average molecular weight is 203 g/mol. The van der Waals surface area contributed by atoms with Crippen LogP contribution in [0.2, 0.25) is 0 Å². The van der Waals surface area contributed by atoms with Crippen LogP contribution in [-0.2, 0) is 11.4 Å². The van der Waals surface area contributed by atoms with Crippen LogP contribution in [0, 0.1) is 6.42 Å². The fourth-order valence-corrected chi connectivity index (χ4v) is 1.58. The van der Waals surface area contributed by atoms with Gasteiger partial charge in [-0.15, -0.1) is 0 Å². The lowest BCUT2D eigenvalue weighted by atomic mass is 9.99. The lowest BCUT2D eigenvalue weighted by molar-refractivity contribution is 0.128. The van der Waals surface area contributed by atoms with Crippen molar-refractivity contribution in [3.8, 4) is 0 Å². The smallest absolute Gasteiger partial charge is 0.143 e. The molecule has 0 bridgehead atoms. The Morgan fingerprint density at radius 1 is 1.33 bits per heavy atom. The van der Waals surface area contributed by atoms with Crippen molar-refractivity contribution in [1.29, 1.82) is 0 Å². The predicted molar refractivity (Wildman–Crippen MR) is 59.2 cm³/mol. The minimum Gasteiger partial charge on any atom is -0.391 e. The molecule has 3 heteroatoms. The van der Waals surface area contributed by atoms with E-state index in [-0.39, 0.29) is 0 Å². The Labute approximate surface area is 90.2 Å². The molecule has 0 saturated heterocycles. The third-order valence-corrected chi connectivity index (χ3v) is 2.42. The first kappa shape index (κ1) is 10.1. The number of hydrogen-bond acceptors (Lipinski definition) is 3. The molecule has 79 valence electrons. The second-order valence-electron chi connectivity index (χ2n) is 3.66. The topological polar surface area (TPSA) is 34.5 Å². The van der Waals surface area contributed by atoms with Crippen molar-refractivity contribution in [2.45, 2.75) is 32.3 Å². The molecule has 0 atom stereocenters. The number of pyridine rings is 1. The molecule has 2 rings (SSSR count). The highest BCUT2D eigenvalue weighted by Crippen LogP contribution is 2.14. The Hall–Kier alpha value is -1.38. The number of aromatic nitrogens is 1. The van der Waals surface area contributed by atoms with Gasteiger partial charge in [0.1, 0.15) is 6.61 Å². The minimum absolute atomic E-state index is 0.515. The zero-order chi connectivity index (χ0) is 10.3. The Morgan fingerprint density at radius 2 is 2.20 bits per heavy atom. The van der Waals surface area contributed by atoms with Gasteiger partial charge in [-0.25, -0.2) is 0 Å². The van der Waals surface area contributed by atoms with Crippen LogP contribution in [-0.4, -0.2) is 10.7 Å². The van der Waals surface area contributed by atoms with Crippen molar-refractivity contribution in [2.75, 3.05) is 0 Å². The molecule has 1 aliphatic carbocycles. The van der Waals surface area contributed by atoms with Crippen LogP contribution in [0.3, 0.4) is 0 Å². The first-order valence-corrected chi connectivity index (χ1v) is 5.33. The van der Waals surface area contributed by atoms with Crippen molar-refractivity contribution in [3.05, 3.63) is 36.5 Å². The molecular formula is C12H15N2O. The Morgan fingerprint density at radius 3 is 2.93 bits per heavy atom. The summed E-state index contributed by atoms with van der Waals surface area (Å²) >= 11 is 0. The molecule has 3 nitrogen and oxygen atoms in total. The first-order chi connectivity index (χ1) is 7.45. The van der Waals surface area contributed by atoms with Gasteiger partial charge in [0.25, 0.3) is 0 Å². The van der Waals surface area contributed by atoms with E-state index >= 15 is 0 Å². The predicted octanol–water partition coefficient (Wildman–Crippen LogP) is 2.73. The van der Waals surface area contributed by atoms with Crippen molar-refractivity contribution in [2.24, 2.45) is 5.16 Å². The van der Waals surface area contributed by atoms with Crippen molar-refractivity contribution >= 4 is 5.71 Å². The number of hydrogen-bond donors (Lipinski definition) is 0. The third kappa shape index (κ3) is 3.35. The summed E-state index contributed by atoms with van der Waals surface area (Å²) in [5.74, 6) is 0. The summed E-state index contributed by atoms with van der Waals surface area (Å²) in [7, 11) is 0. The van der Waals surface area contributed by atoms with E-state index in [1.54, 1.807) is 12.4 Å². The minimum atomic E-state index is 0.515. The highest BCUT2D eigenvalue weighted by atomic mass is 16.6. The van der Waals surface area contributed by atoms with E-state index in [9.17, 15) is 0 Å². The van der Waals surface area contributed by atoms with Gasteiger partial charge in [-0.3, -0.25) is 4.98 Å². The summed E-state index contributed by atoms with van der Waals surface area (Å²) < 4.78 is 0. The second-order valence-corrected chi connectivity index (χ2v) is 3.66. The fourth-order valence-electron chi connectivity index (χ4n) is 1.58. The van der Waals surface area contributed by atoms with Crippen LogP contribution in [0.5, 0.6) is 0 Å². The number of rotatable bonds is 3. The summed E-state index contributed by atoms with van der Waals surface area (Å²) in [5.41, 5.74) is 2.24. The van der Waals surface area contributed by atoms with Gasteiger partial charge >= 0.3 is 0 Å². The van der Waals surface area contributed by atoms with Gasteiger partial charge in [0, 0.05) is 18.0 Å². The molecule has 1 saturated carbocycles. The summed E-state index contributed by atoms with van der Waals surface area (Å²) in [6.07, 6.45) is 10.2. The van der Waals surface area contributed by atoms with E-state index in [1.807, 2.05) is 12.1 Å². The van der Waals surface area contributed by atoms with Crippen molar-refractivity contribution < 1.29 is 4.84 Å². The molecular weight excluding hydrogens is 188 g/mol. The molecule has 1 aliphatic rings. The molecule has 0 spiro atoms. The molecule has 0 N–H and O–H groups in total. The van der Waals surface area contributed by atoms with Gasteiger partial charge in [0.15, 0.2) is 0 Å². The van der Waals surface area contributed by atoms with Gasteiger partial charge in [-0.1, -0.05) is 11.2 Å². The monoisotopic (exact) mass is 203 g/mol. The summed E-state index contributed by atoms with van der Waals surface area (Å²) in [6, 6.07) is 3.89. The van der Waals surface area contributed by atoms with Gasteiger partial charge < -0.3 is 4.84 Å². The van der Waals surface area contributed by atoms with Gasteiger partial charge in [-0.05, 0) is 38.2 Å². The van der Waals surface area contributed by atoms with E-state index in [0.29, 0.717) is 6.61 Å². The average Bonchev–Trinajstić information content (AvgIpc) is 2.32. The number of nitrogens with zero attached hydrogens (tertiary/aromatic N) is 2. The van der Waals surface area contributed by atoms with E-state index in [1.165, 1.54) is 5.71 Å². The van der Waals surface area contributed by atoms with E-state index in [0.717, 1.165) is 31.2 Å². The molecule has 0 amide bonds. The van der Waals surface area contributed by atoms with Crippen LogP contribution in [0.4, 0.5) is 0 Å². The van der Waals surface area contributed by atoms with Gasteiger partial charge in [-0.2, -0.15) is 0 Å². The highest BCUT2D eigenvalue weighted by molar-refractivity contribution is 5.84. The summed E-state index contributed by atoms with van der Waals surface area (Å²) in [4.78, 5) is 9.31. The zero-order valence-electron chi connectivity index (χ0n) is 8.72. The van der Waals surface area contributed by atoms with E-state index < -0.39 is 0 Å². The molecule has 0 aliphatic heterocycles. The fraction of sp³-hybridized carbons (Fsp3) is 0.417. The van der Waals surface area contributed by atoms with E-state index in [4.69, 9.17) is 4.84 Å². The zero-order valence-corrected chi connectivity index (χ0v) is 8.72. The maximum Gasteiger partial charge on any atom is 0.143 e. The quantitative estimate of drug-likeness (QED) is 0.708. The molecule has 1 aromatic heterocycles. The Bertz CT molecular complexity index is 314. The van der Waals surface area contributed by atoms with Crippen LogP contribution in [0.25, 0.3) is 0 Å². The summed E-state index contributed by atoms with van der Waals surface area (Å²) in [6.45, 7) is 0.515. The summed E-state index contributed by atoms with van der Waals surface area (Å²) in [5, 5.41) is 4.15. The van der Waals surface area contributed by atoms with Crippen LogP contribution < -0.4 is 0 Å². The molecule has 1 radical (unpaired) electrons. The second kappa shape index (κ2) is 5.49. The Kier molecular flexibility index (Phi) is 3.71. The Balaban J connectivity index is 1.78. The van der Waals surface area contributed by atoms with Gasteiger partial charge in [0.05, 0.1) is 5.71 Å². The molecule has 15 heavy (non-hydrogen) atoms. The third-order valence-electron chi connectivity index (χ3n) is 2.42. The lowest BCUT2D eigenvalue weighted by Crippen LogP contribution is -2.05. The number of oxime groups is 1. The van der Waals surface area contributed by atoms with Crippen LogP contribution in [0.15, 0.2) is 29.7 Å². The molecule has 1 heterocycles. The standard InChI is InChI=1S/C12H15N2O/c1-2-6-12(7-3-1)14-15-10-11-5-4-8-13-9-11/h1,4-5,8-9H,2-3,6-7,10H2. The normalized spacial score (nSPS) is 16.1. The maximum absolute atomic E-state index is 5.29. The maximum atomic E-state index is 5.29. The highest BCUT2D eigenvalue weighted by Gasteiger charge is 2.06. The van der Waals surface area contributed by atoms with Crippen molar-refractivity contribution in [3.63, 3.8) is 0 Å². The molecule has 0 unspecified atom stereocenters.